The molecule has 0 unspecified atom stereocenters. The molecule has 1 aromatic rings. The lowest BCUT2D eigenvalue weighted by Crippen LogP contribution is -2.09. The zero-order chi connectivity index (χ0) is 8.97. The van der Waals surface area contributed by atoms with Crippen LogP contribution in [0.2, 0.25) is 0 Å². The SMILES string of the molecule is CCc1cccnc1N(C)SC. The minimum atomic E-state index is 1.04. The molecule has 3 heteroatoms. The second-order valence-corrected chi connectivity index (χ2v) is 3.43. The molecule has 0 atom stereocenters. The first-order chi connectivity index (χ1) is 5.79. The Labute approximate surface area is 78.1 Å². The van der Waals surface area contributed by atoms with E-state index in [0.717, 1.165) is 12.2 Å². The van der Waals surface area contributed by atoms with Gasteiger partial charge in [0.15, 0.2) is 0 Å². The quantitative estimate of drug-likeness (QED) is 0.668. The third kappa shape index (κ3) is 1.91. The lowest BCUT2D eigenvalue weighted by molar-refractivity contribution is 1.08. The average Bonchev–Trinajstić information content (AvgIpc) is 2.16. The average molecular weight is 182 g/mol. The maximum atomic E-state index is 4.33. The van der Waals surface area contributed by atoms with E-state index in [4.69, 9.17) is 0 Å². The molecule has 0 saturated carbocycles. The smallest absolute Gasteiger partial charge is 0.141 e. The minimum absolute atomic E-state index is 1.04. The summed E-state index contributed by atoms with van der Waals surface area (Å²) in [6.45, 7) is 2.15. The summed E-state index contributed by atoms with van der Waals surface area (Å²) in [6, 6.07) is 4.10. The summed E-state index contributed by atoms with van der Waals surface area (Å²) in [5.74, 6) is 1.08. The van der Waals surface area contributed by atoms with Crippen LogP contribution in [0.25, 0.3) is 0 Å². The molecular weight excluding hydrogens is 168 g/mol. The van der Waals surface area contributed by atoms with Gasteiger partial charge in [-0.3, -0.25) is 0 Å². The van der Waals surface area contributed by atoms with E-state index in [0.29, 0.717) is 0 Å². The molecule has 0 saturated heterocycles. The molecule has 1 rings (SSSR count). The molecule has 0 bridgehead atoms. The second kappa shape index (κ2) is 4.36. The topological polar surface area (TPSA) is 16.1 Å². The van der Waals surface area contributed by atoms with Gasteiger partial charge in [0.25, 0.3) is 0 Å². The first kappa shape index (κ1) is 9.39. The Kier molecular flexibility index (Phi) is 3.41. The lowest BCUT2D eigenvalue weighted by atomic mass is 10.2. The third-order valence-electron chi connectivity index (χ3n) is 1.82. The predicted octanol–water partition coefficient (Wildman–Crippen LogP) is 2.36. The summed E-state index contributed by atoms with van der Waals surface area (Å²) < 4.78 is 2.08. The van der Waals surface area contributed by atoms with Crippen LogP contribution in [0.3, 0.4) is 0 Å². The largest absolute Gasteiger partial charge is 0.304 e. The summed E-state index contributed by atoms with van der Waals surface area (Å²) in [5.41, 5.74) is 1.30. The monoisotopic (exact) mass is 182 g/mol. The number of hydrogen-bond donors (Lipinski definition) is 0. The van der Waals surface area contributed by atoms with Crippen molar-refractivity contribution in [1.29, 1.82) is 0 Å². The first-order valence-electron chi connectivity index (χ1n) is 4.01. The molecule has 66 valence electrons. The maximum absolute atomic E-state index is 4.33. The van der Waals surface area contributed by atoms with Crippen molar-refractivity contribution >= 4 is 17.8 Å². The summed E-state index contributed by atoms with van der Waals surface area (Å²) in [6.07, 6.45) is 4.92. The molecule has 0 aliphatic carbocycles. The molecule has 12 heavy (non-hydrogen) atoms. The molecule has 0 spiro atoms. The van der Waals surface area contributed by atoms with Crippen molar-refractivity contribution in [1.82, 2.24) is 4.98 Å². The van der Waals surface area contributed by atoms with Crippen molar-refractivity contribution in [2.45, 2.75) is 13.3 Å². The van der Waals surface area contributed by atoms with E-state index in [9.17, 15) is 0 Å². The third-order valence-corrected chi connectivity index (χ3v) is 2.54. The van der Waals surface area contributed by atoms with E-state index in [-0.39, 0.29) is 0 Å². The van der Waals surface area contributed by atoms with E-state index in [1.165, 1.54) is 5.56 Å². The number of rotatable bonds is 3. The summed E-state index contributed by atoms with van der Waals surface area (Å²) >= 11 is 1.68. The molecule has 2 nitrogen and oxygen atoms in total. The molecule has 0 amide bonds. The molecular formula is C9H14N2S. The van der Waals surface area contributed by atoms with E-state index >= 15 is 0 Å². The van der Waals surface area contributed by atoms with Crippen molar-refractivity contribution in [3.8, 4) is 0 Å². The van der Waals surface area contributed by atoms with Gasteiger partial charge in [-0.1, -0.05) is 24.9 Å². The zero-order valence-electron chi connectivity index (χ0n) is 7.74. The second-order valence-electron chi connectivity index (χ2n) is 2.52. The van der Waals surface area contributed by atoms with E-state index in [1.807, 2.05) is 25.6 Å². The lowest BCUT2D eigenvalue weighted by Gasteiger charge is -2.16. The minimum Gasteiger partial charge on any atom is -0.304 e. The maximum Gasteiger partial charge on any atom is 0.141 e. The number of hydrogen-bond acceptors (Lipinski definition) is 3. The highest BCUT2D eigenvalue weighted by Gasteiger charge is 2.04. The molecule has 0 aliphatic rings. The van der Waals surface area contributed by atoms with Gasteiger partial charge >= 0.3 is 0 Å². The van der Waals surface area contributed by atoms with Crippen LogP contribution in [0.15, 0.2) is 18.3 Å². The van der Waals surface area contributed by atoms with Crippen molar-refractivity contribution < 1.29 is 0 Å². The van der Waals surface area contributed by atoms with Crippen LogP contribution < -0.4 is 4.31 Å². The number of aromatic nitrogens is 1. The number of anilines is 1. The van der Waals surface area contributed by atoms with Crippen molar-refractivity contribution in [2.24, 2.45) is 0 Å². The van der Waals surface area contributed by atoms with E-state index in [2.05, 4.69) is 22.3 Å². The fraction of sp³-hybridized carbons (Fsp3) is 0.444. The van der Waals surface area contributed by atoms with Crippen LogP contribution in [0.5, 0.6) is 0 Å². The number of pyridine rings is 1. The van der Waals surface area contributed by atoms with Gasteiger partial charge in [-0.15, -0.1) is 0 Å². The Bertz CT molecular complexity index is 250. The van der Waals surface area contributed by atoms with Gasteiger partial charge < -0.3 is 4.31 Å². The zero-order valence-corrected chi connectivity index (χ0v) is 8.56. The van der Waals surface area contributed by atoms with Crippen LogP contribution in [0.1, 0.15) is 12.5 Å². The molecule has 0 fully saturated rings. The van der Waals surface area contributed by atoms with Crippen LogP contribution in [0, 0.1) is 0 Å². The molecule has 0 aromatic carbocycles. The Morgan fingerprint density at radius 2 is 2.33 bits per heavy atom. The summed E-state index contributed by atoms with van der Waals surface area (Å²) in [4.78, 5) is 4.33. The Morgan fingerprint density at radius 3 is 2.92 bits per heavy atom. The predicted molar refractivity (Wildman–Crippen MR) is 55.5 cm³/mol. The van der Waals surface area contributed by atoms with Crippen molar-refractivity contribution in [2.75, 3.05) is 17.6 Å². The molecule has 1 heterocycles. The Balaban J connectivity index is 2.96. The number of nitrogens with zero attached hydrogens (tertiary/aromatic N) is 2. The Hall–Kier alpha value is -0.700. The van der Waals surface area contributed by atoms with Gasteiger partial charge in [-0.25, -0.2) is 4.98 Å². The molecule has 0 aliphatic heterocycles. The van der Waals surface area contributed by atoms with E-state index < -0.39 is 0 Å². The van der Waals surface area contributed by atoms with Gasteiger partial charge in [0.05, 0.1) is 0 Å². The van der Waals surface area contributed by atoms with Crippen LogP contribution in [-0.2, 0) is 6.42 Å². The summed E-state index contributed by atoms with van der Waals surface area (Å²) in [5, 5.41) is 0. The van der Waals surface area contributed by atoms with Gasteiger partial charge in [0.2, 0.25) is 0 Å². The molecule has 1 aromatic heterocycles. The first-order valence-corrected chi connectivity index (χ1v) is 5.19. The van der Waals surface area contributed by atoms with Gasteiger partial charge in [0.1, 0.15) is 5.82 Å². The van der Waals surface area contributed by atoms with Crippen molar-refractivity contribution in [3.05, 3.63) is 23.9 Å². The fourth-order valence-electron chi connectivity index (χ4n) is 1.08. The normalized spacial score (nSPS) is 9.92. The van der Waals surface area contributed by atoms with Crippen LogP contribution >= 0.6 is 11.9 Å². The van der Waals surface area contributed by atoms with Gasteiger partial charge in [-0.2, -0.15) is 0 Å². The van der Waals surface area contributed by atoms with Crippen molar-refractivity contribution in [3.63, 3.8) is 0 Å². The molecule has 0 radical (unpaired) electrons. The summed E-state index contributed by atoms with van der Waals surface area (Å²) in [7, 11) is 2.03. The van der Waals surface area contributed by atoms with Gasteiger partial charge in [-0.05, 0) is 18.1 Å². The highest BCUT2D eigenvalue weighted by Crippen LogP contribution is 2.20. The molecule has 0 N–H and O–H groups in total. The van der Waals surface area contributed by atoms with E-state index in [1.54, 1.807) is 11.9 Å². The van der Waals surface area contributed by atoms with Crippen LogP contribution in [0.4, 0.5) is 5.82 Å². The van der Waals surface area contributed by atoms with Gasteiger partial charge in [0, 0.05) is 19.5 Å². The highest BCUT2D eigenvalue weighted by molar-refractivity contribution is 7.99. The highest BCUT2D eigenvalue weighted by atomic mass is 32.2. The fourth-order valence-corrected chi connectivity index (χ4v) is 1.41. The van der Waals surface area contributed by atoms with Crippen LogP contribution in [-0.4, -0.2) is 18.3 Å². The number of aryl methyl sites for hydroxylation is 1. The Morgan fingerprint density at radius 1 is 1.58 bits per heavy atom. The standard InChI is InChI=1S/C9H14N2S/c1-4-8-6-5-7-10-9(8)11(2)12-3/h5-7H,4H2,1-3H3.